The number of nitrogens with zero attached hydrogens (tertiary/aromatic N) is 3. The second kappa shape index (κ2) is 2.42. The van der Waals surface area contributed by atoms with Gasteiger partial charge in [0.25, 0.3) is 0 Å². The molecule has 0 N–H and O–H groups in total. The molecule has 3 nitrogen and oxygen atoms in total. The predicted octanol–water partition coefficient (Wildman–Crippen LogP) is 0.749. The van der Waals surface area contributed by atoms with Crippen molar-refractivity contribution in [1.29, 1.82) is 0 Å². The Labute approximate surface area is 66.0 Å². The summed E-state index contributed by atoms with van der Waals surface area (Å²) >= 11 is 0. The molecule has 1 aromatic rings. The van der Waals surface area contributed by atoms with Crippen LogP contribution in [0, 0.1) is 0 Å². The molecule has 0 aromatic carbocycles. The van der Waals surface area contributed by atoms with Crippen molar-refractivity contribution in [2.75, 3.05) is 6.54 Å². The summed E-state index contributed by atoms with van der Waals surface area (Å²) in [5, 5.41) is 0. The first-order chi connectivity index (χ1) is 5.36. The molecule has 1 aliphatic heterocycles. The Morgan fingerprint density at radius 2 is 2.45 bits per heavy atom. The van der Waals surface area contributed by atoms with E-state index in [9.17, 15) is 0 Å². The Morgan fingerprint density at radius 1 is 1.64 bits per heavy atom. The monoisotopic (exact) mass is 149 g/mol. The molecular formula is C8H11N3. The van der Waals surface area contributed by atoms with Crippen LogP contribution in [0.3, 0.4) is 0 Å². The van der Waals surface area contributed by atoms with E-state index in [1.54, 1.807) is 0 Å². The first-order valence-corrected chi connectivity index (χ1v) is 3.73. The van der Waals surface area contributed by atoms with Crippen LogP contribution >= 0.6 is 0 Å². The van der Waals surface area contributed by atoms with E-state index in [4.69, 9.17) is 0 Å². The van der Waals surface area contributed by atoms with E-state index < -0.39 is 0 Å². The van der Waals surface area contributed by atoms with Crippen LogP contribution < -0.4 is 0 Å². The third-order valence-corrected chi connectivity index (χ3v) is 1.92. The molecule has 3 heteroatoms. The lowest BCUT2D eigenvalue weighted by Crippen LogP contribution is -2.25. The van der Waals surface area contributed by atoms with Crippen molar-refractivity contribution >= 4 is 0 Å². The van der Waals surface area contributed by atoms with Crippen LogP contribution in [0.4, 0.5) is 0 Å². The van der Waals surface area contributed by atoms with Crippen LogP contribution in [-0.2, 0) is 13.6 Å². The van der Waals surface area contributed by atoms with Gasteiger partial charge in [0, 0.05) is 26.0 Å². The topological polar surface area (TPSA) is 21.1 Å². The van der Waals surface area contributed by atoms with Crippen molar-refractivity contribution in [1.82, 2.24) is 14.5 Å². The minimum absolute atomic E-state index is 0.931. The lowest BCUT2D eigenvalue weighted by molar-refractivity contribution is 0.353. The van der Waals surface area contributed by atoms with Gasteiger partial charge in [-0.15, -0.1) is 0 Å². The first-order valence-electron chi connectivity index (χ1n) is 3.73. The van der Waals surface area contributed by atoms with Crippen LogP contribution in [0.1, 0.15) is 5.82 Å². The Kier molecular flexibility index (Phi) is 1.42. The molecule has 0 radical (unpaired) electrons. The van der Waals surface area contributed by atoms with E-state index in [0.717, 1.165) is 18.9 Å². The normalized spacial score (nSPS) is 15.2. The molecule has 58 valence electrons. The van der Waals surface area contributed by atoms with Crippen LogP contribution in [-0.4, -0.2) is 21.0 Å². The van der Waals surface area contributed by atoms with Crippen molar-refractivity contribution in [3.05, 3.63) is 30.5 Å². The molecule has 0 atom stereocenters. The molecule has 1 aliphatic rings. The molecule has 0 saturated carbocycles. The summed E-state index contributed by atoms with van der Waals surface area (Å²) < 4.78 is 2.05. The molecule has 0 bridgehead atoms. The van der Waals surface area contributed by atoms with E-state index in [1.807, 2.05) is 24.0 Å². The number of aromatic nitrogens is 2. The highest BCUT2D eigenvalue weighted by Crippen LogP contribution is 2.07. The molecule has 0 aliphatic carbocycles. The van der Waals surface area contributed by atoms with Crippen LogP contribution in [0.25, 0.3) is 0 Å². The van der Waals surface area contributed by atoms with Crippen LogP contribution in [0.2, 0.25) is 0 Å². The van der Waals surface area contributed by atoms with Gasteiger partial charge in [0.15, 0.2) is 0 Å². The van der Waals surface area contributed by atoms with E-state index >= 15 is 0 Å². The van der Waals surface area contributed by atoms with Crippen molar-refractivity contribution in [2.24, 2.45) is 7.05 Å². The first kappa shape index (κ1) is 6.46. The van der Waals surface area contributed by atoms with Gasteiger partial charge in [0.05, 0.1) is 6.54 Å². The molecular weight excluding hydrogens is 138 g/mol. The third kappa shape index (κ3) is 1.13. The summed E-state index contributed by atoms with van der Waals surface area (Å²) in [6.07, 6.45) is 8.04. The smallest absolute Gasteiger partial charge is 0.127 e. The molecule has 0 spiro atoms. The highest BCUT2D eigenvalue weighted by molar-refractivity contribution is 5.01. The minimum atomic E-state index is 0.931. The van der Waals surface area contributed by atoms with Gasteiger partial charge in [-0.25, -0.2) is 4.98 Å². The number of hydrogen-bond donors (Lipinski definition) is 0. The molecule has 0 unspecified atom stereocenters. The van der Waals surface area contributed by atoms with E-state index in [0.29, 0.717) is 0 Å². The predicted molar refractivity (Wildman–Crippen MR) is 42.8 cm³/mol. The SMILES string of the molecule is Cn1ccnc1CN1C=CC1. The summed E-state index contributed by atoms with van der Waals surface area (Å²) in [6.45, 7) is 1.99. The highest BCUT2D eigenvalue weighted by Gasteiger charge is 2.07. The maximum atomic E-state index is 4.22. The zero-order valence-corrected chi connectivity index (χ0v) is 6.57. The van der Waals surface area contributed by atoms with Gasteiger partial charge in [-0.1, -0.05) is 0 Å². The lowest BCUT2D eigenvalue weighted by Gasteiger charge is -2.24. The zero-order chi connectivity index (χ0) is 7.68. The Bertz CT molecular complexity index is 275. The summed E-state index contributed by atoms with van der Waals surface area (Å²) in [6, 6.07) is 0. The number of imidazole rings is 1. The molecule has 2 rings (SSSR count). The average molecular weight is 149 g/mol. The van der Waals surface area contributed by atoms with E-state index in [2.05, 4.69) is 22.2 Å². The maximum absolute atomic E-state index is 4.22. The van der Waals surface area contributed by atoms with Crippen molar-refractivity contribution in [3.8, 4) is 0 Å². The average Bonchev–Trinajstić information content (AvgIpc) is 2.27. The minimum Gasteiger partial charge on any atom is -0.366 e. The third-order valence-electron chi connectivity index (χ3n) is 1.92. The van der Waals surface area contributed by atoms with Crippen LogP contribution in [0.5, 0.6) is 0 Å². The summed E-state index contributed by atoms with van der Waals surface area (Å²) in [4.78, 5) is 6.45. The van der Waals surface area contributed by atoms with Gasteiger partial charge in [-0.2, -0.15) is 0 Å². The Hall–Kier alpha value is -1.25. The van der Waals surface area contributed by atoms with E-state index in [1.165, 1.54) is 0 Å². The van der Waals surface area contributed by atoms with Crippen molar-refractivity contribution < 1.29 is 0 Å². The van der Waals surface area contributed by atoms with Gasteiger partial charge in [-0.3, -0.25) is 0 Å². The van der Waals surface area contributed by atoms with Gasteiger partial charge < -0.3 is 9.47 Å². The quantitative estimate of drug-likeness (QED) is 0.618. The van der Waals surface area contributed by atoms with E-state index in [-0.39, 0.29) is 0 Å². The fraction of sp³-hybridized carbons (Fsp3) is 0.375. The van der Waals surface area contributed by atoms with Gasteiger partial charge in [-0.05, 0) is 12.3 Å². The molecule has 0 amide bonds. The van der Waals surface area contributed by atoms with Gasteiger partial charge in [0.1, 0.15) is 5.82 Å². The fourth-order valence-electron chi connectivity index (χ4n) is 1.10. The summed E-state index contributed by atoms with van der Waals surface area (Å²) in [7, 11) is 2.02. The molecule has 2 heterocycles. The van der Waals surface area contributed by atoms with Crippen molar-refractivity contribution in [3.63, 3.8) is 0 Å². The largest absolute Gasteiger partial charge is 0.366 e. The second-order valence-electron chi connectivity index (χ2n) is 2.77. The Morgan fingerprint density at radius 3 is 2.91 bits per heavy atom. The standard InChI is InChI=1S/C8H11N3/c1-10-6-3-9-8(10)7-11-4-2-5-11/h2-4,6H,5,7H2,1H3. The summed E-state index contributed by atoms with van der Waals surface area (Å²) in [5.41, 5.74) is 0. The second-order valence-corrected chi connectivity index (χ2v) is 2.77. The van der Waals surface area contributed by atoms with Gasteiger partial charge >= 0.3 is 0 Å². The Balaban J connectivity index is 2.06. The van der Waals surface area contributed by atoms with Gasteiger partial charge in [0.2, 0.25) is 0 Å². The molecule has 1 aromatic heterocycles. The number of rotatable bonds is 2. The number of hydrogen-bond acceptors (Lipinski definition) is 2. The van der Waals surface area contributed by atoms with Crippen LogP contribution in [0.15, 0.2) is 24.7 Å². The van der Waals surface area contributed by atoms with Crippen molar-refractivity contribution in [2.45, 2.75) is 6.54 Å². The summed E-state index contributed by atoms with van der Waals surface area (Å²) in [5.74, 6) is 1.12. The highest BCUT2D eigenvalue weighted by atomic mass is 15.2. The lowest BCUT2D eigenvalue weighted by atomic mass is 10.3. The molecule has 0 saturated heterocycles. The molecule has 0 fully saturated rings. The fourth-order valence-corrected chi connectivity index (χ4v) is 1.10. The molecule has 11 heavy (non-hydrogen) atoms. The number of aryl methyl sites for hydroxylation is 1. The maximum Gasteiger partial charge on any atom is 0.127 e. The zero-order valence-electron chi connectivity index (χ0n) is 6.57.